The molecule has 1 atom stereocenters. The van der Waals surface area contributed by atoms with E-state index in [0.29, 0.717) is 16.8 Å². The van der Waals surface area contributed by atoms with Crippen LogP contribution < -0.4 is 4.90 Å². The van der Waals surface area contributed by atoms with Gasteiger partial charge in [-0.1, -0.05) is 84.4 Å². The topological polar surface area (TPSA) is 46.6 Å². The number of benzene rings is 5. The standard InChI is InChI=1S/C42H27FN4O.Pt/c1-42(2)32-18-19-36-37(30-12-4-6-15-35(30)48-36)39(32)47(41-33(42)13-8-20-44-41)27-10-7-9-25(23-27)38(43)26-16-17-28-29-11-3-5-14-34(29)46-22-21-45-40(46)31(28)24-26;/h3-22,38H,1-2H3;/q-2;+2. The average molecular weight is 818 g/mol. The first-order valence-corrected chi connectivity index (χ1v) is 16.1. The van der Waals surface area contributed by atoms with Gasteiger partial charge in [-0.15, -0.1) is 29.8 Å². The van der Waals surface area contributed by atoms with Crippen molar-refractivity contribution in [3.8, 4) is 0 Å². The molecular weight excluding hydrogens is 791 g/mol. The van der Waals surface area contributed by atoms with Gasteiger partial charge in [0, 0.05) is 40.5 Å². The van der Waals surface area contributed by atoms with Crippen molar-refractivity contribution in [2.45, 2.75) is 25.4 Å². The molecule has 5 aromatic carbocycles. The number of para-hydroxylation sites is 2. The van der Waals surface area contributed by atoms with Crippen LogP contribution in [0.1, 0.15) is 42.3 Å². The summed E-state index contributed by atoms with van der Waals surface area (Å²) in [6.45, 7) is 4.45. The Morgan fingerprint density at radius 1 is 0.714 bits per heavy atom. The molecule has 1 unspecified atom stereocenters. The van der Waals surface area contributed by atoms with E-state index in [1.807, 2.05) is 77.5 Å². The fourth-order valence-corrected chi connectivity index (χ4v) is 7.66. The van der Waals surface area contributed by atoms with Crippen LogP contribution in [0.3, 0.4) is 0 Å². The minimum atomic E-state index is -1.47. The van der Waals surface area contributed by atoms with Crippen molar-refractivity contribution in [3.63, 3.8) is 0 Å². The molecule has 9 aromatic rings. The molecule has 7 heteroatoms. The summed E-state index contributed by atoms with van der Waals surface area (Å²) in [5.41, 5.74) is 7.80. The van der Waals surface area contributed by atoms with Crippen molar-refractivity contribution in [2.75, 3.05) is 4.90 Å². The maximum absolute atomic E-state index is 16.8. The molecule has 4 aromatic heterocycles. The van der Waals surface area contributed by atoms with Crippen LogP contribution in [0, 0.1) is 12.1 Å². The molecule has 1 aliphatic rings. The van der Waals surface area contributed by atoms with Crippen molar-refractivity contribution in [1.82, 2.24) is 14.4 Å². The maximum atomic E-state index is 16.8. The molecule has 0 saturated carbocycles. The van der Waals surface area contributed by atoms with Gasteiger partial charge in [-0.25, -0.2) is 9.37 Å². The molecule has 49 heavy (non-hydrogen) atoms. The molecule has 0 bridgehead atoms. The van der Waals surface area contributed by atoms with E-state index in [2.05, 4.69) is 72.3 Å². The van der Waals surface area contributed by atoms with Crippen LogP contribution >= 0.6 is 0 Å². The first-order valence-electron chi connectivity index (χ1n) is 16.1. The van der Waals surface area contributed by atoms with Crippen LogP contribution in [0.15, 0.2) is 126 Å². The Labute approximate surface area is 295 Å². The number of hydrogen-bond acceptors (Lipinski definition) is 4. The summed E-state index contributed by atoms with van der Waals surface area (Å²) in [6, 6.07) is 41.0. The number of halogens is 1. The van der Waals surface area contributed by atoms with E-state index < -0.39 is 6.17 Å². The molecule has 0 fully saturated rings. The summed E-state index contributed by atoms with van der Waals surface area (Å²) in [5.74, 6) is 0.794. The predicted molar refractivity (Wildman–Crippen MR) is 189 cm³/mol. The molecule has 5 nitrogen and oxygen atoms in total. The second-order valence-electron chi connectivity index (χ2n) is 13.0. The van der Waals surface area contributed by atoms with Gasteiger partial charge in [0.15, 0.2) is 0 Å². The van der Waals surface area contributed by atoms with Gasteiger partial charge in [0.25, 0.3) is 0 Å². The Kier molecular flexibility index (Phi) is 6.59. The number of alkyl halides is 1. The van der Waals surface area contributed by atoms with Gasteiger partial charge in [-0.05, 0) is 35.2 Å². The average Bonchev–Trinajstić information content (AvgIpc) is 3.77. The molecule has 0 amide bonds. The Bertz CT molecular complexity index is 2760. The number of rotatable bonds is 3. The molecule has 0 N–H and O–H groups in total. The van der Waals surface area contributed by atoms with Crippen molar-refractivity contribution in [2.24, 2.45) is 0 Å². The summed E-state index contributed by atoms with van der Waals surface area (Å²) in [6.07, 6.45) is 4.05. The third-order valence-electron chi connectivity index (χ3n) is 9.96. The monoisotopic (exact) mass is 817 g/mol. The zero-order valence-electron chi connectivity index (χ0n) is 26.5. The fraction of sp³-hybridized carbons (Fsp3) is 0.0952. The van der Waals surface area contributed by atoms with Crippen molar-refractivity contribution < 1.29 is 29.9 Å². The van der Waals surface area contributed by atoms with Gasteiger partial charge in [0.2, 0.25) is 0 Å². The summed E-state index contributed by atoms with van der Waals surface area (Å²) in [5, 5.41) is 4.87. The number of aromatic nitrogens is 3. The molecule has 0 radical (unpaired) electrons. The second-order valence-corrected chi connectivity index (χ2v) is 13.0. The Morgan fingerprint density at radius 3 is 2.43 bits per heavy atom. The van der Waals surface area contributed by atoms with Crippen LogP contribution in [0.25, 0.3) is 49.3 Å². The van der Waals surface area contributed by atoms with Gasteiger partial charge in [0.1, 0.15) is 23.2 Å². The molecule has 238 valence electrons. The van der Waals surface area contributed by atoms with Gasteiger partial charge < -0.3 is 13.7 Å². The van der Waals surface area contributed by atoms with E-state index in [0.717, 1.165) is 71.9 Å². The fourth-order valence-electron chi connectivity index (χ4n) is 7.66. The predicted octanol–water partition coefficient (Wildman–Crippen LogP) is 10.7. The van der Waals surface area contributed by atoms with Crippen molar-refractivity contribution in [3.05, 3.63) is 156 Å². The molecular formula is C42H27FN4OPt. The first kappa shape index (κ1) is 29.8. The van der Waals surface area contributed by atoms with Gasteiger partial charge in [0.05, 0.1) is 16.7 Å². The summed E-state index contributed by atoms with van der Waals surface area (Å²) in [4.78, 5) is 11.7. The third kappa shape index (κ3) is 4.20. The number of furan rings is 1. The Balaban J connectivity index is 0.00000325. The third-order valence-corrected chi connectivity index (χ3v) is 9.96. The minimum Gasteiger partial charge on any atom is -0.456 e. The minimum absolute atomic E-state index is 0. The summed E-state index contributed by atoms with van der Waals surface area (Å²) >= 11 is 0. The zero-order valence-corrected chi connectivity index (χ0v) is 28.8. The SMILES string of the molecule is CC1(C)c2cccnc2N(c2[c-]c(C(F)c3[c-]c4c(cc3)c3ccccc3n3ccnc43)ccc2)c2c1ccc1oc3ccccc3c21.[Pt+2]. The smallest absolute Gasteiger partial charge is 0.456 e. The number of imidazole rings is 1. The van der Waals surface area contributed by atoms with E-state index in [-0.39, 0.29) is 26.5 Å². The second kappa shape index (κ2) is 10.8. The molecule has 0 spiro atoms. The largest absolute Gasteiger partial charge is 2.00 e. The zero-order chi connectivity index (χ0) is 32.1. The molecule has 1 aliphatic heterocycles. The quantitative estimate of drug-likeness (QED) is 0.132. The van der Waals surface area contributed by atoms with Crippen LogP contribution in [0.4, 0.5) is 21.6 Å². The molecule has 5 heterocycles. The molecule has 0 saturated heterocycles. The van der Waals surface area contributed by atoms with E-state index in [4.69, 9.17) is 9.40 Å². The number of anilines is 3. The normalized spacial score (nSPS) is 14.3. The Hall–Kier alpha value is -5.32. The maximum Gasteiger partial charge on any atom is 2.00 e. The molecule has 0 aliphatic carbocycles. The first-order chi connectivity index (χ1) is 23.5. The van der Waals surface area contributed by atoms with E-state index in [9.17, 15) is 0 Å². The number of nitrogens with zero attached hydrogens (tertiary/aromatic N) is 4. The number of pyridine rings is 2. The van der Waals surface area contributed by atoms with E-state index in [1.165, 1.54) is 0 Å². The van der Waals surface area contributed by atoms with Gasteiger partial charge >= 0.3 is 21.1 Å². The van der Waals surface area contributed by atoms with E-state index in [1.54, 1.807) is 12.3 Å². The molecule has 10 rings (SSSR count). The van der Waals surface area contributed by atoms with Gasteiger partial charge in [-0.2, -0.15) is 18.2 Å². The van der Waals surface area contributed by atoms with Gasteiger partial charge in [-0.3, -0.25) is 4.98 Å². The van der Waals surface area contributed by atoms with Crippen LogP contribution in [-0.4, -0.2) is 14.4 Å². The number of hydrogen-bond donors (Lipinski definition) is 0. The Morgan fingerprint density at radius 2 is 1.53 bits per heavy atom. The van der Waals surface area contributed by atoms with Crippen LogP contribution in [-0.2, 0) is 26.5 Å². The summed E-state index contributed by atoms with van der Waals surface area (Å²) in [7, 11) is 0. The van der Waals surface area contributed by atoms with E-state index >= 15 is 4.39 Å². The van der Waals surface area contributed by atoms with Crippen molar-refractivity contribution in [1.29, 1.82) is 0 Å². The van der Waals surface area contributed by atoms with Crippen LogP contribution in [0.5, 0.6) is 0 Å². The van der Waals surface area contributed by atoms with Crippen molar-refractivity contribution >= 4 is 66.5 Å². The van der Waals surface area contributed by atoms with Crippen LogP contribution in [0.2, 0.25) is 0 Å². The summed E-state index contributed by atoms with van der Waals surface area (Å²) < 4.78 is 25.1. The number of fused-ring (bicyclic) bond motifs is 12.